The van der Waals surface area contributed by atoms with Crippen LogP contribution in [0.3, 0.4) is 0 Å². The predicted octanol–water partition coefficient (Wildman–Crippen LogP) is 5.99. The topological polar surface area (TPSA) is 72.7 Å². The van der Waals surface area contributed by atoms with Crippen molar-refractivity contribution in [3.8, 4) is 11.4 Å². The molecule has 2 heterocycles. The van der Waals surface area contributed by atoms with Gasteiger partial charge >= 0.3 is 6.18 Å². The Morgan fingerprint density at radius 1 is 1.00 bits per heavy atom. The van der Waals surface area contributed by atoms with Crippen LogP contribution in [0.4, 0.5) is 18.9 Å². The van der Waals surface area contributed by atoms with Crippen LogP contribution in [0.2, 0.25) is 0 Å². The smallest absolute Gasteiger partial charge is 0.325 e. The second-order valence-corrected chi connectivity index (χ2v) is 9.09. The van der Waals surface area contributed by atoms with Gasteiger partial charge in [-0.25, -0.2) is 0 Å². The Bertz CT molecular complexity index is 1290. The minimum absolute atomic E-state index is 0.0152. The molecule has 0 aliphatic carbocycles. The first-order valence-electron chi connectivity index (χ1n) is 10.7. The molecule has 1 atom stereocenters. The molecule has 0 aliphatic heterocycles. The molecule has 0 saturated carbocycles. The lowest BCUT2D eigenvalue weighted by Gasteiger charge is -2.18. The van der Waals surface area contributed by atoms with Crippen molar-refractivity contribution in [2.75, 3.05) is 5.32 Å². The number of benzene rings is 2. The maximum absolute atomic E-state index is 13.5. The summed E-state index contributed by atoms with van der Waals surface area (Å²) in [5.74, 6) is -0.327. The Kier molecular flexibility index (Phi) is 7.20. The number of rotatable bonds is 7. The van der Waals surface area contributed by atoms with Crippen LogP contribution < -0.4 is 5.32 Å². The molecule has 0 aliphatic rings. The molecule has 35 heavy (non-hydrogen) atoms. The quantitative estimate of drug-likeness (QED) is 0.318. The number of halogens is 3. The SMILES string of the molecule is Cc1cc(C)cc(NC(=O)C(Sc2nnc(-c3ccncc3)n2CC(F)(F)F)c2ccccc2)c1. The van der Waals surface area contributed by atoms with E-state index in [1.165, 1.54) is 12.4 Å². The molecule has 0 bridgehead atoms. The molecule has 0 spiro atoms. The fourth-order valence-electron chi connectivity index (χ4n) is 3.67. The van der Waals surface area contributed by atoms with Gasteiger partial charge in [0.05, 0.1) is 0 Å². The van der Waals surface area contributed by atoms with Crippen molar-refractivity contribution >= 4 is 23.4 Å². The first-order valence-corrected chi connectivity index (χ1v) is 11.6. The number of aryl methyl sites for hydroxylation is 2. The van der Waals surface area contributed by atoms with Crippen LogP contribution >= 0.6 is 11.8 Å². The van der Waals surface area contributed by atoms with Crippen molar-refractivity contribution in [3.63, 3.8) is 0 Å². The van der Waals surface area contributed by atoms with E-state index in [4.69, 9.17) is 0 Å². The third-order valence-electron chi connectivity index (χ3n) is 5.05. The van der Waals surface area contributed by atoms with Crippen LogP contribution in [-0.2, 0) is 11.3 Å². The van der Waals surface area contributed by atoms with Gasteiger partial charge in [-0.2, -0.15) is 13.2 Å². The number of hydrogen-bond donors (Lipinski definition) is 1. The summed E-state index contributed by atoms with van der Waals surface area (Å²) in [6.45, 7) is 2.55. The number of hydrogen-bond acceptors (Lipinski definition) is 5. The molecule has 0 radical (unpaired) electrons. The normalized spacial score (nSPS) is 12.4. The van der Waals surface area contributed by atoms with Gasteiger partial charge in [0.15, 0.2) is 11.0 Å². The highest BCUT2D eigenvalue weighted by Crippen LogP contribution is 2.38. The van der Waals surface area contributed by atoms with Gasteiger partial charge in [-0.05, 0) is 54.8 Å². The predicted molar refractivity (Wildman–Crippen MR) is 129 cm³/mol. The molecule has 6 nitrogen and oxygen atoms in total. The number of carbonyl (C=O) groups excluding carboxylic acids is 1. The van der Waals surface area contributed by atoms with Gasteiger partial charge < -0.3 is 5.32 Å². The average molecular weight is 498 g/mol. The number of aromatic nitrogens is 4. The lowest BCUT2D eigenvalue weighted by molar-refractivity contribution is -0.141. The molecule has 180 valence electrons. The lowest BCUT2D eigenvalue weighted by atomic mass is 10.1. The Balaban J connectivity index is 1.71. The minimum Gasteiger partial charge on any atom is -0.325 e. The number of carbonyl (C=O) groups is 1. The first kappa shape index (κ1) is 24.5. The molecular weight excluding hydrogens is 475 g/mol. The zero-order chi connectivity index (χ0) is 25.0. The number of pyridine rings is 1. The first-order chi connectivity index (χ1) is 16.7. The van der Waals surface area contributed by atoms with Crippen molar-refractivity contribution in [1.29, 1.82) is 0 Å². The zero-order valence-corrected chi connectivity index (χ0v) is 19.8. The number of amides is 1. The molecule has 10 heteroatoms. The maximum Gasteiger partial charge on any atom is 0.406 e. The second kappa shape index (κ2) is 10.3. The van der Waals surface area contributed by atoms with E-state index < -0.39 is 18.0 Å². The number of nitrogens with zero attached hydrogens (tertiary/aromatic N) is 4. The molecule has 2 aromatic carbocycles. The Labute approximate surface area is 204 Å². The molecule has 1 amide bonds. The summed E-state index contributed by atoms with van der Waals surface area (Å²) in [6, 6.07) is 17.7. The summed E-state index contributed by atoms with van der Waals surface area (Å²) in [5.41, 5.74) is 3.65. The fourth-order valence-corrected chi connectivity index (χ4v) is 4.71. The van der Waals surface area contributed by atoms with Gasteiger partial charge in [0.25, 0.3) is 0 Å². The molecule has 0 fully saturated rings. The number of anilines is 1. The number of nitrogens with one attached hydrogen (secondary N) is 1. The highest BCUT2D eigenvalue weighted by atomic mass is 32.2. The van der Waals surface area contributed by atoms with Crippen molar-refractivity contribution < 1.29 is 18.0 Å². The summed E-state index contributed by atoms with van der Waals surface area (Å²) in [4.78, 5) is 17.3. The average Bonchev–Trinajstić information content (AvgIpc) is 3.18. The zero-order valence-electron chi connectivity index (χ0n) is 19.0. The van der Waals surface area contributed by atoms with Gasteiger partial charge in [0.1, 0.15) is 11.8 Å². The highest BCUT2D eigenvalue weighted by Gasteiger charge is 2.33. The monoisotopic (exact) mass is 497 g/mol. The van der Waals surface area contributed by atoms with Crippen LogP contribution in [0.25, 0.3) is 11.4 Å². The summed E-state index contributed by atoms with van der Waals surface area (Å²) < 4.78 is 41.5. The Hall–Kier alpha value is -3.66. The number of thioether (sulfide) groups is 1. The van der Waals surface area contributed by atoms with Crippen molar-refractivity contribution in [1.82, 2.24) is 19.7 Å². The minimum atomic E-state index is -4.51. The van der Waals surface area contributed by atoms with E-state index >= 15 is 0 Å². The van der Waals surface area contributed by atoms with Gasteiger partial charge in [0.2, 0.25) is 5.91 Å². The van der Waals surface area contributed by atoms with Crippen LogP contribution in [0, 0.1) is 13.8 Å². The second-order valence-electron chi connectivity index (χ2n) is 8.02. The molecule has 4 rings (SSSR count). The third kappa shape index (κ3) is 6.27. The molecule has 1 N–H and O–H groups in total. The van der Waals surface area contributed by atoms with Crippen LogP contribution in [-0.4, -0.2) is 31.8 Å². The molecule has 1 unspecified atom stereocenters. The van der Waals surface area contributed by atoms with E-state index in [1.807, 2.05) is 32.0 Å². The van der Waals surface area contributed by atoms with Crippen LogP contribution in [0.15, 0.2) is 78.2 Å². The van der Waals surface area contributed by atoms with E-state index in [-0.39, 0.29) is 16.9 Å². The summed E-state index contributed by atoms with van der Waals surface area (Å²) in [6.07, 6.45) is -1.57. The van der Waals surface area contributed by atoms with Crippen molar-refractivity contribution in [3.05, 3.63) is 89.7 Å². The molecule has 2 aromatic heterocycles. The lowest BCUT2D eigenvalue weighted by Crippen LogP contribution is -2.22. The molecular formula is C25H22F3N5OS. The fraction of sp³-hybridized carbons (Fsp3) is 0.200. The maximum atomic E-state index is 13.5. The Morgan fingerprint density at radius 2 is 1.66 bits per heavy atom. The van der Waals surface area contributed by atoms with Crippen molar-refractivity contribution in [2.24, 2.45) is 0 Å². The summed E-state index contributed by atoms with van der Waals surface area (Å²) in [7, 11) is 0. The van der Waals surface area contributed by atoms with Crippen LogP contribution in [0.5, 0.6) is 0 Å². The summed E-state index contributed by atoms with van der Waals surface area (Å²) >= 11 is 0.922. The van der Waals surface area contributed by atoms with E-state index in [1.54, 1.807) is 42.5 Å². The summed E-state index contributed by atoms with van der Waals surface area (Å²) in [5, 5.41) is 10.1. The van der Waals surface area contributed by atoms with Crippen molar-refractivity contribution in [2.45, 2.75) is 37.0 Å². The van der Waals surface area contributed by atoms with E-state index in [0.29, 0.717) is 16.8 Å². The van der Waals surface area contributed by atoms with Gasteiger partial charge in [-0.1, -0.05) is 48.2 Å². The van der Waals surface area contributed by atoms with Crippen LogP contribution in [0.1, 0.15) is 21.9 Å². The van der Waals surface area contributed by atoms with E-state index in [9.17, 15) is 18.0 Å². The highest BCUT2D eigenvalue weighted by molar-refractivity contribution is 8.00. The largest absolute Gasteiger partial charge is 0.406 e. The van der Waals surface area contributed by atoms with Gasteiger partial charge in [0, 0.05) is 23.6 Å². The van der Waals surface area contributed by atoms with E-state index in [2.05, 4.69) is 20.5 Å². The van der Waals surface area contributed by atoms with Gasteiger partial charge in [-0.15, -0.1) is 10.2 Å². The molecule has 0 saturated heterocycles. The third-order valence-corrected chi connectivity index (χ3v) is 6.28. The standard InChI is InChI=1S/C25H22F3N5OS/c1-16-12-17(2)14-20(13-16)30-23(34)21(18-6-4-3-5-7-18)35-24-32-31-22(19-8-10-29-11-9-19)33(24)15-25(26,27)28/h3-14,21H,15H2,1-2H3,(H,30,34). The number of alkyl halides is 3. The van der Waals surface area contributed by atoms with E-state index in [0.717, 1.165) is 27.5 Å². The molecule has 4 aromatic rings. The Morgan fingerprint density at radius 3 is 2.29 bits per heavy atom. The van der Waals surface area contributed by atoms with Gasteiger partial charge in [-0.3, -0.25) is 14.3 Å².